The number of aryl methyl sites for hydroxylation is 1. The Labute approximate surface area is 125 Å². The number of benzene rings is 1. The first-order chi connectivity index (χ1) is 9.58. The molecule has 1 atom stereocenters. The lowest BCUT2D eigenvalue weighted by Gasteiger charge is -2.33. The summed E-state index contributed by atoms with van der Waals surface area (Å²) in [7, 11) is 0. The van der Waals surface area contributed by atoms with Crippen molar-refractivity contribution in [1.29, 1.82) is 0 Å². The molecule has 1 aliphatic rings. The highest BCUT2D eigenvalue weighted by molar-refractivity contribution is 6.30. The smallest absolute Gasteiger partial charge is 0.122 e. The molecule has 4 nitrogen and oxygen atoms in total. The Morgan fingerprint density at radius 2 is 2.15 bits per heavy atom. The fourth-order valence-electron chi connectivity index (χ4n) is 2.51. The van der Waals surface area contributed by atoms with Gasteiger partial charge < -0.3 is 20.5 Å². The van der Waals surface area contributed by atoms with Crippen molar-refractivity contribution in [2.24, 2.45) is 5.73 Å². The number of rotatable bonds is 5. The Bertz CT molecular complexity index is 434. The van der Waals surface area contributed by atoms with E-state index in [1.165, 1.54) is 0 Å². The molecule has 3 N–H and O–H groups in total. The van der Waals surface area contributed by atoms with Crippen LogP contribution in [0.2, 0.25) is 5.02 Å². The van der Waals surface area contributed by atoms with E-state index in [2.05, 4.69) is 4.90 Å². The molecule has 1 unspecified atom stereocenters. The highest BCUT2D eigenvalue weighted by atomic mass is 35.5. The minimum absolute atomic E-state index is 0.237. The van der Waals surface area contributed by atoms with E-state index in [1.54, 1.807) is 0 Å². The van der Waals surface area contributed by atoms with E-state index in [4.69, 9.17) is 22.1 Å². The van der Waals surface area contributed by atoms with Crippen LogP contribution in [0.5, 0.6) is 5.75 Å². The van der Waals surface area contributed by atoms with Crippen LogP contribution in [-0.2, 0) is 0 Å². The second kappa shape index (κ2) is 7.27. The summed E-state index contributed by atoms with van der Waals surface area (Å²) in [6.45, 7) is 4.86. The molecule has 1 aromatic rings. The molecule has 0 radical (unpaired) electrons. The average molecular weight is 299 g/mol. The predicted molar refractivity (Wildman–Crippen MR) is 81.3 cm³/mol. The largest absolute Gasteiger partial charge is 0.490 e. The van der Waals surface area contributed by atoms with E-state index in [0.29, 0.717) is 13.1 Å². The first-order valence-corrected chi connectivity index (χ1v) is 7.49. The standard InChI is InChI=1S/C15H23ClN2O2/c1-11-8-12(16)2-3-15(11)20-14-4-6-18(7-5-14)10-13(19)9-17/h2-3,8,13-14,19H,4-7,9-10,17H2,1H3. The second-order valence-electron chi connectivity index (χ2n) is 5.42. The molecule has 0 spiro atoms. The van der Waals surface area contributed by atoms with Crippen LogP contribution in [0.3, 0.4) is 0 Å². The third kappa shape index (κ3) is 4.35. The highest BCUT2D eigenvalue weighted by Gasteiger charge is 2.22. The van der Waals surface area contributed by atoms with E-state index in [9.17, 15) is 5.11 Å². The number of aliphatic hydroxyl groups excluding tert-OH is 1. The van der Waals surface area contributed by atoms with Gasteiger partial charge in [-0.2, -0.15) is 0 Å². The van der Waals surface area contributed by atoms with Crippen LogP contribution in [0.15, 0.2) is 18.2 Å². The van der Waals surface area contributed by atoms with Crippen molar-refractivity contribution < 1.29 is 9.84 Å². The van der Waals surface area contributed by atoms with Gasteiger partial charge >= 0.3 is 0 Å². The predicted octanol–water partition coefficient (Wildman–Crippen LogP) is 1.81. The molecule has 0 bridgehead atoms. The summed E-state index contributed by atoms with van der Waals surface area (Å²) in [6, 6.07) is 5.71. The van der Waals surface area contributed by atoms with E-state index in [1.807, 2.05) is 25.1 Å². The van der Waals surface area contributed by atoms with Gasteiger partial charge in [-0.05, 0) is 43.5 Å². The molecule has 1 aromatic carbocycles. The van der Waals surface area contributed by atoms with Crippen molar-refractivity contribution in [1.82, 2.24) is 4.90 Å². The Kier molecular flexibility index (Phi) is 5.66. The zero-order valence-corrected chi connectivity index (χ0v) is 12.6. The molecule has 5 heteroatoms. The lowest BCUT2D eigenvalue weighted by atomic mass is 10.1. The molecular weight excluding hydrogens is 276 g/mol. The summed E-state index contributed by atoms with van der Waals surface area (Å²) in [5.74, 6) is 0.912. The van der Waals surface area contributed by atoms with Gasteiger partial charge in [-0.3, -0.25) is 0 Å². The van der Waals surface area contributed by atoms with Crippen LogP contribution >= 0.6 is 11.6 Å². The van der Waals surface area contributed by atoms with Gasteiger partial charge in [0.2, 0.25) is 0 Å². The molecule has 0 saturated carbocycles. The zero-order valence-electron chi connectivity index (χ0n) is 11.9. The second-order valence-corrected chi connectivity index (χ2v) is 5.85. The molecule has 2 rings (SSSR count). The van der Waals surface area contributed by atoms with E-state index >= 15 is 0 Å². The van der Waals surface area contributed by atoms with Crippen molar-refractivity contribution in [2.45, 2.75) is 32.0 Å². The third-order valence-corrected chi connectivity index (χ3v) is 3.94. The number of hydrogen-bond donors (Lipinski definition) is 2. The van der Waals surface area contributed by atoms with E-state index in [0.717, 1.165) is 42.3 Å². The Balaban J connectivity index is 1.82. The Morgan fingerprint density at radius 3 is 2.75 bits per heavy atom. The van der Waals surface area contributed by atoms with Crippen molar-refractivity contribution in [3.8, 4) is 5.75 Å². The molecule has 112 valence electrons. The lowest BCUT2D eigenvalue weighted by molar-refractivity contribution is 0.0639. The molecule has 1 fully saturated rings. The molecule has 1 heterocycles. The number of ether oxygens (including phenoxy) is 1. The number of nitrogens with two attached hydrogens (primary N) is 1. The highest BCUT2D eigenvalue weighted by Crippen LogP contribution is 2.25. The van der Waals surface area contributed by atoms with Gasteiger partial charge in [-0.25, -0.2) is 0 Å². The quantitative estimate of drug-likeness (QED) is 0.870. The Morgan fingerprint density at radius 1 is 1.45 bits per heavy atom. The summed E-state index contributed by atoms with van der Waals surface area (Å²) in [5.41, 5.74) is 6.50. The first kappa shape index (κ1) is 15.6. The maximum Gasteiger partial charge on any atom is 0.122 e. The van der Waals surface area contributed by atoms with Crippen LogP contribution in [0, 0.1) is 6.92 Å². The molecule has 20 heavy (non-hydrogen) atoms. The number of hydrogen-bond acceptors (Lipinski definition) is 4. The number of piperidine rings is 1. The SMILES string of the molecule is Cc1cc(Cl)ccc1OC1CCN(CC(O)CN)CC1. The molecule has 1 aliphatic heterocycles. The summed E-state index contributed by atoms with van der Waals surface area (Å²) in [4.78, 5) is 2.24. The van der Waals surface area contributed by atoms with E-state index in [-0.39, 0.29) is 6.10 Å². The maximum absolute atomic E-state index is 9.56. The molecular formula is C15H23ClN2O2. The molecule has 0 aliphatic carbocycles. The van der Waals surface area contributed by atoms with Gasteiger partial charge in [0.05, 0.1) is 6.10 Å². The number of β-amino-alcohol motifs (C(OH)–C–C–N with tert-alkyl or cyclic N) is 1. The monoisotopic (exact) mass is 298 g/mol. The van der Waals surface area contributed by atoms with Gasteiger partial charge in [0, 0.05) is 31.2 Å². The van der Waals surface area contributed by atoms with Gasteiger partial charge in [0.1, 0.15) is 11.9 Å². The van der Waals surface area contributed by atoms with Crippen LogP contribution in [0.25, 0.3) is 0 Å². The zero-order chi connectivity index (χ0) is 14.5. The molecule has 0 aromatic heterocycles. The number of halogens is 1. The van der Waals surface area contributed by atoms with Crippen LogP contribution in [0.4, 0.5) is 0 Å². The van der Waals surface area contributed by atoms with Crippen LogP contribution in [0.1, 0.15) is 18.4 Å². The third-order valence-electron chi connectivity index (χ3n) is 3.71. The summed E-state index contributed by atoms with van der Waals surface area (Å²) in [5, 5.41) is 10.3. The summed E-state index contributed by atoms with van der Waals surface area (Å²) >= 11 is 5.94. The number of nitrogens with zero attached hydrogens (tertiary/aromatic N) is 1. The lowest BCUT2D eigenvalue weighted by Crippen LogP contribution is -2.43. The minimum Gasteiger partial charge on any atom is -0.490 e. The van der Waals surface area contributed by atoms with Crippen LogP contribution < -0.4 is 10.5 Å². The summed E-state index contributed by atoms with van der Waals surface area (Å²) in [6.07, 6.45) is 1.76. The molecule has 1 saturated heterocycles. The van der Waals surface area contributed by atoms with Gasteiger partial charge in [0.25, 0.3) is 0 Å². The fourth-order valence-corrected chi connectivity index (χ4v) is 2.73. The van der Waals surface area contributed by atoms with E-state index < -0.39 is 6.10 Å². The fraction of sp³-hybridized carbons (Fsp3) is 0.600. The normalized spacial score (nSPS) is 19.0. The minimum atomic E-state index is -0.425. The number of aliphatic hydroxyl groups is 1. The first-order valence-electron chi connectivity index (χ1n) is 7.11. The van der Waals surface area contributed by atoms with Crippen molar-refractivity contribution in [3.05, 3.63) is 28.8 Å². The van der Waals surface area contributed by atoms with Crippen molar-refractivity contribution >= 4 is 11.6 Å². The average Bonchev–Trinajstić information content (AvgIpc) is 2.44. The molecule has 0 amide bonds. The van der Waals surface area contributed by atoms with Gasteiger partial charge in [-0.15, -0.1) is 0 Å². The number of likely N-dealkylation sites (tertiary alicyclic amines) is 1. The van der Waals surface area contributed by atoms with Crippen LogP contribution in [-0.4, -0.2) is 48.4 Å². The summed E-state index contributed by atoms with van der Waals surface area (Å²) < 4.78 is 6.05. The topological polar surface area (TPSA) is 58.7 Å². The van der Waals surface area contributed by atoms with Crippen molar-refractivity contribution in [2.75, 3.05) is 26.2 Å². The van der Waals surface area contributed by atoms with Gasteiger partial charge in [0.15, 0.2) is 0 Å². The maximum atomic E-state index is 9.56. The van der Waals surface area contributed by atoms with Gasteiger partial charge in [-0.1, -0.05) is 11.6 Å². The Hall–Kier alpha value is -0.810. The van der Waals surface area contributed by atoms with Crippen molar-refractivity contribution in [3.63, 3.8) is 0 Å².